The summed E-state index contributed by atoms with van der Waals surface area (Å²) in [6, 6.07) is 3.99. The third kappa shape index (κ3) is 4.66. The number of phenolic OH excluding ortho intramolecular Hbond substituents is 1. The highest BCUT2D eigenvalue weighted by Crippen LogP contribution is 2.20. The second kappa shape index (κ2) is 7.47. The molecule has 1 aromatic rings. The molecule has 1 rings (SSSR count). The number of ether oxygens (including phenoxy) is 1. The van der Waals surface area contributed by atoms with E-state index >= 15 is 0 Å². The van der Waals surface area contributed by atoms with Crippen molar-refractivity contribution < 1.29 is 19.4 Å². The van der Waals surface area contributed by atoms with E-state index in [2.05, 4.69) is 10.1 Å². The van der Waals surface area contributed by atoms with Gasteiger partial charge in [0.05, 0.1) is 12.7 Å². The number of aromatic hydroxyl groups is 1. The van der Waals surface area contributed by atoms with E-state index in [-0.39, 0.29) is 17.2 Å². The van der Waals surface area contributed by atoms with Crippen molar-refractivity contribution in [3.63, 3.8) is 0 Å². The normalized spacial score (nSPS) is 12.1. The molecule has 20 heavy (non-hydrogen) atoms. The number of phenols is 1. The Hall–Kier alpha value is -1.31. The van der Waals surface area contributed by atoms with Crippen LogP contribution in [0.2, 0.25) is 0 Å². The first-order valence-electron chi connectivity index (χ1n) is 6.22. The maximum Gasteiger partial charge on any atom is 0.328 e. The van der Waals surface area contributed by atoms with Gasteiger partial charge >= 0.3 is 5.97 Å². The maximum atomic E-state index is 12.1. The van der Waals surface area contributed by atoms with Crippen LogP contribution in [0.3, 0.4) is 0 Å². The third-order valence-electron chi connectivity index (χ3n) is 2.70. The molecule has 0 aliphatic heterocycles. The van der Waals surface area contributed by atoms with Crippen LogP contribution in [0.1, 0.15) is 30.6 Å². The summed E-state index contributed by atoms with van der Waals surface area (Å²) in [5, 5.41) is 12.3. The van der Waals surface area contributed by atoms with Gasteiger partial charge in [-0.25, -0.2) is 4.79 Å². The lowest BCUT2D eigenvalue weighted by Gasteiger charge is -2.18. The van der Waals surface area contributed by atoms with Crippen LogP contribution in [0.5, 0.6) is 5.75 Å². The number of benzene rings is 1. The van der Waals surface area contributed by atoms with Crippen molar-refractivity contribution in [1.82, 2.24) is 5.32 Å². The Morgan fingerprint density at radius 3 is 2.60 bits per heavy atom. The number of carbonyl (C=O) groups is 2. The van der Waals surface area contributed by atoms with Crippen LogP contribution < -0.4 is 5.32 Å². The summed E-state index contributed by atoms with van der Waals surface area (Å²) < 4.78 is 5.51. The lowest BCUT2D eigenvalue weighted by Crippen LogP contribution is -2.42. The number of hydrogen-bond donors (Lipinski definition) is 2. The Kier molecular flexibility index (Phi) is 6.25. The smallest absolute Gasteiger partial charge is 0.328 e. The highest BCUT2D eigenvalue weighted by Gasteiger charge is 2.24. The Morgan fingerprint density at radius 2 is 2.05 bits per heavy atom. The van der Waals surface area contributed by atoms with E-state index in [0.717, 1.165) is 3.57 Å². The highest BCUT2D eigenvalue weighted by atomic mass is 127. The van der Waals surface area contributed by atoms with Gasteiger partial charge in [-0.2, -0.15) is 0 Å². The van der Waals surface area contributed by atoms with E-state index in [9.17, 15) is 14.7 Å². The monoisotopic (exact) mass is 391 g/mol. The summed E-state index contributed by atoms with van der Waals surface area (Å²) in [5.74, 6) is -0.866. The van der Waals surface area contributed by atoms with Gasteiger partial charge in [-0.3, -0.25) is 4.79 Å². The zero-order valence-electron chi connectivity index (χ0n) is 11.6. The lowest BCUT2D eigenvalue weighted by atomic mass is 10.0. The van der Waals surface area contributed by atoms with E-state index < -0.39 is 17.9 Å². The first kappa shape index (κ1) is 16.7. The van der Waals surface area contributed by atoms with Crippen molar-refractivity contribution in [3.05, 3.63) is 27.3 Å². The summed E-state index contributed by atoms with van der Waals surface area (Å²) in [7, 11) is 1.28. The minimum Gasteiger partial charge on any atom is -0.507 e. The Morgan fingerprint density at radius 1 is 1.40 bits per heavy atom. The van der Waals surface area contributed by atoms with Crippen LogP contribution in [-0.4, -0.2) is 30.1 Å². The fourth-order valence-electron chi connectivity index (χ4n) is 1.75. The second-order valence-electron chi connectivity index (χ2n) is 4.84. The zero-order chi connectivity index (χ0) is 15.3. The summed E-state index contributed by atoms with van der Waals surface area (Å²) in [4.78, 5) is 23.8. The van der Waals surface area contributed by atoms with Gasteiger partial charge in [0.1, 0.15) is 11.8 Å². The van der Waals surface area contributed by atoms with Crippen LogP contribution in [0.25, 0.3) is 0 Å². The number of nitrogens with one attached hydrogen (secondary N) is 1. The first-order chi connectivity index (χ1) is 9.35. The number of carbonyl (C=O) groups excluding carboxylic acids is 2. The summed E-state index contributed by atoms with van der Waals surface area (Å²) in [6.07, 6.45) is 0.475. The molecule has 0 aromatic heterocycles. The topological polar surface area (TPSA) is 75.6 Å². The van der Waals surface area contributed by atoms with Crippen molar-refractivity contribution in [3.8, 4) is 5.75 Å². The predicted octanol–water partition coefficient (Wildman–Crippen LogP) is 2.31. The van der Waals surface area contributed by atoms with E-state index in [1.54, 1.807) is 12.1 Å². The Bertz CT molecular complexity index is 502. The minimum atomic E-state index is -0.718. The molecule has 0 aliphatic rings. The molecule has 0 heterocycles. The number of rotatable bonds is 5. The fourth-order valence-corrected chi connectivity index (χ4v) is 2.25. The van der Waals surface area contributed by atoms with Crippen molar-refractivity contribution in [1.29, 1.82) is 0 Å². The molecule has 1 atom stereocenters. The second-order valence-corrected chi connectivity index (χ2v) is 6.09. The Labute approximate surface area is 131 Å². The summed E-state index contributed by atoms with van der Waals surface area (Å²) in [5.41, 5.74) is 0.148. The molecular formula is C14H18INO4. The van der Waals surface area contributed by atoms with Crippen LogP contribution >= 0.6 is 22.6 Å². The molecule has 1 unspecified atom stereocenters. The summed E-state index contributed by atoms with van der Waals surface area (Å²) >= 11 is 2.05. The number of esters is 1. The number of amides is 1. The number of halogens is 1. The van der Waals surface area contributed by atoms with Gasteiger partial charge in [-0.1, -0.05) is 13.8 Å². The standard InChI is InChI=1S/C14H18INO4/c1-8(2)6-11(14(19)20-3)16-13(18)10-7-9(15)4-5-12(10)17/h4-5,7-8,11,17H,6H2,1-3H3,(H,16,18). The Balaban J connectivity index is 2.90. The van der Waals surface area contributed by atoms with Crippen molar-refractivity contribution >= 4 is 34.5 Å². The molecular weight excluding hydrogens is 373 g/mol. The molecule has 2 N–H and O–H groups in total. The average molecular weight is 391 g/mol. The molecule has 1 amide bonds. The molecule has 5 nitrogen and oxygen atoms in total. The van der Waals surface area contributed by atoms with Gasteiger partial charge < -0.3 is 15.2 Å². The molecule has 0 fully saturated rings. The van der Waals surface area contributed by atoms with Crippen LogP contribution in [0.15, 0.2) is 18.2 Å². The van der Waals surface area contributed by atoms with Crippen LogP contribution in [-0.2, 0) is 9.53 Å². The zero-order valence-corrected chi connectivity index (χ0v) is 13.8. The molecule has 0 bridgehead atoms. The third-order valence-corrected chi connectivity index (χ3v) is 3.37. The maximum absolute atomic E-state index is 12.1. The van der Waals surface area contributed by atoms with Gasteiger partial charge in [0.2, 0.25) is 0 Å². The van der Waals surface area contributed by atoms with Gasteiger partial charge in [-0.15, -0.1) is 0 Å². The average Bonchev–Trinajstić information content (AvgIpc) is 2.39. The predicted molar refractivity (Wildman–Crippen MR) is 83.5 cm³/mol. The molecule has 0 saturated heterocycles. The van der Waals surface area contributed by atoms with Crippen molar-refractivity contribution in [2.45, 2.75) is 26.3 Å². The van der Waals surface area contributed by atoms with Crippen molar-refractivity contribution in [2.75, 3.05) is 7.11 Å². The number of hydrogen-bond acceptors (Lipinski definition) is 4. The van der Waals surface area contributed by atoms with E-state index in [1.807, 2.05) is 36.4 Å². The quantitative estimate of drug-likeness (QED) is 0.597. The fraction of sp³-hybridized carbons (Fsp3) is 0.429. The molecule has 110 valence electrons. The van der Waals surface area contributed by atoms with Crippen LogP contribution in [0, 0.1) is 9.49 Å². The van der Waals surface area contributed by atoms with E-state index in [4.69, 9.17) is 0 Å². The molecule has 0 radical (unpaired) electrons. The molecule has 0 saturated carbocycles. The highest BCUT2D eigenvalue weighted by molar-refractivity contribution is 14.1. The first-order valence-corrected chi connectivity index (χ1v) is 7.30. The van der Waals surface area contributed by atoms with Crippen LogP contribution in [0.4, 0.5) is 0 Å². The van der Waals surface area contributed by atoms with Gasteiger partial charge in [0.25, 0.3) is 5.91 Å². The lowest BCUT2D eigenvalue weighted by molar-refractivity contribution is -0.143. The minimum absolute atomic E-state index is 0.115. The molecule has 0 aliphatic carbocycles. The van der Waals surface area contributed by atoms with Gasteiger partial charge in [0.15, 0.2) is 0 Å². The van der Waals surface area contributed by atoms with E-state index in [1.165, 1.54) is 13.2 Å². The van der Waals surface area contributed by atoms with Gasteiger partial charge in [0, 0.05) is 3.57 Å². The van der Waals surface area contributed by atoms with E-state index in [0.29, 0.717) is 6.42 Å². The molecule has 1 aromatic carbocycles. The molecule has 6 heteroatoms. The number of methoxy groups -OCH3 is 1. The largest absolute Gasteiger partial charge is 0.507 e. The molecule has 0 spiro atoms. The summed E-state index contributed by atoms with van der Waals surface area (Å²) in [6.45, 7) is 3.90. The van der Waals surface area contributed by atoms with Crippen molar-refractivity contribution in [2.24, 2.45) is 5.92 Å². The van der Waals surface area contributed by atoms with Gasteiger partial charge in [-0.05, 0) is 53.1 Å². The SMILES string of the molecule is COC(=O)C(CC(C)C)NC(=O)c1cc(I)ccc1O.